The Hall–Kier alpha value is -1.12. The van der Waals surface area contributed by atoms with Crippen molar-refractivity contribution in [2.45, 2.75) is 27.2 Å². The maximum Gasteiger partial charge on any atom is 0.181 e. The molecule has 1 aromatic heterocycles. The van der Waals surface area contributed by atoms with Crippen LogP contribution in [0.15, 0.2) is 10.6 Å². The molecule has 1 aromatic rings. The van der Waals surface area contributed by atoms with Crippen molar-refractivity contribution in [2.24, 2.45) is 5.92 Å². The van der Waals surface area contributed by atoms with Crippen molar-refractivity contribution in [3.8, 4) is 0 Å². The van der Waals surface area contributed by atoms with E-state index in [9.17, 15) is 4.79 Å². The molecule has 1 rings (SSSR count). The van der Waals surface area contributed by atoms with Crippen LogP contribution in [0.2, 0.25) is 0 Å². The molecule has 0 N–H and O–H groups in total. The monoisotopic (exact) mass is 167 g/mol. The molecule has 1 heterocycles. The standard InChI is InChI=1S/C9H13NO2/c1-6(2)4-8-5-9(7(3)11)10-12-8/h5-6H,4H2,1-3H3. The summed E-state index contributed by atoms with van der Waals surface area (Å²) in [5, 5.41) is 3.64. The third kappa shape index (κ3) is 2.19. The van der Waals surface area contributed by atoms with Gasteiger partial charge in [-0.05, 0) is 5.92 Å². The zero-order valence-corrected chi connectivity index (χ0v) is 7.63. The van der Waals surface area contributed by atoms with Crippen molar-refractivity contribution in [3.63, 3.8) is 0 Å². The first-order valence-electron chi connectivity index (χ1n) is 4.06. The highest BCUT2D eigenvalue weighted by Crippen LogP contribution is 2.09. The van der Waals surface area contributed by atoms with E-state index in [1.54, 1.807) is 6.07 Å². The van der Waals surface area contributed by atoms with E-state index in [4.69, 9.17) is 4.52 Å². The first kappa shape index (κ1) is 8.97. The van der Waals surface area contributed by atoms with Crippen molar-refractivity contribution >= 4 is 5.78 Å². The van der Waals surface area contributed by atoms with Crippen LogP contribution in [0.4, 0.5) is 0 Å². The second-order valence-electron chi connectivity index (χ2n) is 3.33. The zero-order chi connectivity index (χ0) is 9.14. The van der Waals surface area contributed by atoms with Crippen LogP contribution in [0.5, 0.6) is 0 Å². The number of carbonyl (C=O) groups is 1. The van der Waals surface area contributed by atoms with Gasteiger partial charge in [-0.1, -0.05) is 19.0 Å². The number of hydrogen-bond acceptors (Lipinski definition) is 3. The molecule has 0 atom stereocenters. The molecule has 0 aromatic carbocycles. The number of rotatable bonds is 3. The molecule has 0 saturated carbocycles. The molecule has 0 fully saturated rings. The predicted molar refractivity (Wildman–Crippen MR) is 45.0 cm³/mol. The first-order chi connectivity index (χ1) is 5.59. The minimum Gasteiger partial charge on any atom is -0.361 e. The van der Waals surface area contributed by atoms with Crippen molar-refractivity contribution in [1.29, 1.82) is 0 Å². The highest BCUT2D eigenvalue weighted by molar-refractivity contribution is 5.91. The predicted octanol–water partition coefficient (Wildman–Crippen LogP) is 2.08. The molecule has 66 valence electrons. The molecule has 0 aliphatic rings. The zero-order valence-electron chi connectivity index (χ0n) is 7.63. The van der Waals surface area contributed by atoms with E-state index in [2.05, 4.69) is 19.0 Å². The molecule has 0 unspecified atom stereocenters. The number of carbonyl (C=O) groups excluding carboxylic acids is 1. The average molecular weight is 167 g/mol. The van der Waals surface area contributed by atoms with Gasteiger partial charge in [-0.15, -0.1) is 0 Å². The molecule has 0 radical (unpaired) electrons. The highest BCUT2D eigenvalue weighted by Gasteiger charge is 2.08. The van der Waals surface area contributed by atoms with Gasteiger partial charge in [-0.3, -0.25) is 4.79 Å². The summed E-state index contributed by atoms with van der Waals surface area (Å²) >= 11 is 0. The fraction of sp³-hybridized carbons (Fsp3) is 0.556. The Morgan fingerprint density at radius 3 is 2.75 bits per heavy atom. The number of Topliss-reactive ketones (excluding diaryl/α,β-unsaturated/α-hetero) is 1. The molecule has 0 bridgehead atoms. The summed E-state index contributed by atoms with van der Waals surface area (Å²) in [4.78, 5) is 10.8. The van der Waals surface area contributed by atoms with E-state index in [-0.39, 0.29) is 5.78 Å². The Balaban J connectivity index is 2.71. The van der Waals surface area contributed by atoms with Crippen LogP contribution in [0.3, 0.4) is 0 Å². The van der Waals surface area contributed by atoms with Crippen LogP contribution in [0, 0.1) is 5.92 Å². The first-order valence-corrected chi connectivity index (χ1v) is 4.06. The molecule has 3 nitrogen and oxygen atoms in total. The molecule has 0 spiro atoms. The molecule has 0 saturated heterocycles. The van der Waals surface area contributed by atoms with Gasteiger partial charge in [-0.2, -0.15) is 0 Å². The summed E-state index contributed by atoms with van der Waals surface area (Å²) in [6.07, 6.45) is 0.834. The van der Waals surface area contributed by atoms with E-state index in [0.717, 1.165) is 12.2 Å². The van der Waals surface area contributed by atoms with Gasteiger partial charge in [0, 0.05) is 19.4 Å². The van der Waals surface area contributed by atoms with Gasteiger partial charge >= 0.3 is 0 Å². The lowest BCUT2D eigenvalue weighted by molar-refractivity contribution is 0.100. The second-order valence-corrected chi connectivity index (χ2v) is 3.33. The lowest BCUT2D eigenvalue weighted by Gasteiger charge is -1.96. The lowest BCUT2D eigenvalue weighted by atomic mass is 10.1. The Labute approximate surface area is 71.7 Å². The van der Waals surface area contributed by atoms with Crippen LogP contribution >= 0.6 is 0 Å². The van der Waals surface area contributed by atoms with Gasteiger partial charge in [-0.25, -0.2) is 0 Å². The van der Waals surface area contributed by atoms with Gasteiger partial charge in [0.1, 0.15) is 11.5 Å². The van der Waals surface area contributed by atoms with E-state index in [0.29, 0.717) is 11.6 Å². The van der Waals surface area contributed by atoms with E-state index in [1.807, 2.05) is 0 Å². The van der Waals surface area contributed by atoms with Gasteiger partial charge in [0.25, 0.3) is 0 Å². The maximum atomic E-state index is 10.8. The van der Waals surface area contributed by atoms with E-state index < -0.39 is 0 Å². The van der Waals surface area contributed by atoms with Gasteiger partial charge in [0.2, 0.25) is 0 Å². The molecular formula is C9H13NO2. The summed E-state index contributed by atoms with van der Waals surface area (Å²) in [5.74, 6) is 1.27. The fourth-order valence-corrected chi connectivity index (χ4v) is 0.977. The van der Waals surface area contributed by atoms with Crippen LogP contribution in [0.1, 0.15) is 37.0 Å². The molecule has 0 amide bonds. The summed E-state index contributed by atoms with van der Waals surface area (Å²) < 4.78 is 4.97. The largest absolute Gasteiger partial charge is 0.361 e. The maximum absolute atomic E-state index is 10.8. The van der Waals surface area contributed by atoms with E-state index in [1.165, 1.54) is 6.92 Å². The SMILES string of the molecule is CC(=O)c1cc(CC(C)C)on1. The Kier molecular flexibility index (Phi) is 2.63. The lowest BCUT2D eigenvalue weighted by Crippen LogP contribution is -1.92. The van der Waals surface area contributed by atoms with Crippen LogP contribution in [-0.4, -0.2) is 10.9 Å². The van der Waals surface area contributed by atoms with Crippen LogP contribution < -0.4 is 0 Å². The van der Waals surface area contributed by atoms with Gasteiger partial charge in [0.15, 0.2) is 5.78 Å². The average Bonchev–Trinajstić information content (AvgIpc) is 2.34. The summed E-state index contributed by atoms with van der Waals surface area (Å²) in [5.41, 5.74) is 0.422. The third-order valence-electron chi connectivity index (χ3n) is 1.53. The minimum absolute atomic E-state index is 0.0474. The quantitative estimate of drug-likeness (QED) is 0.647. The molecule has 0 aliphatic heterocycles. The summed E-state index contributed by atoms with van der Waals surface area (Å²) in [6.45, 7) is 5.67. The molecule has 12 heavy (non-hydrogen) atoms. The number of nitrogens with zero attached hydrogens (tertiary/aromatic N) is 1. The smallest absolute Gasteiger partial charge is 0.181 e. The second kappa shape index (κ2) is 3.52. The molecular weight excluding hydrogens is 154 g/mol. The summed E-state index contributed by atoms with van der Waals surface area (Å²) in [6, 6.07) is 1.71. The molecule has 3 heteroatoms. The van der Waals surface area contributed by atoms with Crippen molar-refractivity contribution in [1.82, 2.24) is 5.16 Å². The Morgan fingerprint density at radius 2 is 2.33 bits per heavy atom. The Morgan fingerprint density at radius 1 is 1.67 bits per heavy atom. The van der Waals surface area contributed by atoms with Crippen LogP contribution in [-0.2, 0) is 6.42 Å². The van der Waals surface area contributed by atoms with Gasteiger partial charge < -0.3 is 4.52 Å². The Bertz CT molecular complexity index is 276. The van der Waals surface area contributed by atoms with Crippen molar-refractivity contribution < 1.29 is 9.32 Å². The van der Waals surface area contributed by atoms with Crippen LogP contribution in [0.25, 0.3) is 0 Å². The normalized spacial score (nSPS) is 10.7. The summed E-state index contributed by atoms with van der Waals surface area (Å²) in [7, 11) is 0. The molecule has 0 aliphatic carbocycles. The number of hydrogen-bond donors (Lipinski definition) is 0. The van der Waals surface area contributed by atoms with E-state index >= 15 is 0 Å². The van der Waals surface area contributed by atoms with Crippen molar-refractivity contribution in [3.05, 3.63) is 17.5 Å². The fourth-order valence-electron chi connectivity index (χ4n) is 0.977. The number of ketones is 1. The highest BCUT2D eigenvalue weighted by atomic mass is 16.5. The van der Waals surface area contributed by atoms with Gasteiger partial charge in [0.05, 0.1) is 0 Å². The van der Waals surface area contributed by atoms with Crippen molar-refractivity contribution in [2.75, 3.05) is 0 Å². The third-order valence-corrected chi connectivity index (χ3v) is 1.53. The minimum atomic E-state index is -0.0474. The topological polar surface area (TPSA) is 43.1 Å². The number of aromatic nitrogens is 1.